The lowest BCUT2D eigenvalue weighted by Crippen LogP contribution is -2.60. The predicted molar refractivity (Wildman–Crippen MR) is 208 cm³/mol. The number of aromatic amines is 1. The highest BCUT2D eigenvalue weighted by atomic mass is 16.3. The topological polar surface area (TPSA) is 336 Å². The molecule has 1 heterocycles. The van der Waals surface area contributed by atoms with Gasteiger partial charge in [-0.05, 0) is 35.6 Å². The standard InChI is InChI=1S/C38H51N11O9/c1-21(2)12-26(34(41)54)45-33(53)19-43-35(55)27(13-22-6-4-3-5-7-22)47-38(58)30(16-31(40)51)49-36(56)28(14-23-8-10-25(50)11-9-23)48-37(57)29(46-32(52)17-39)15-24-18-42-20-44-24/h3-11,18,20-21,26-30,50H,12-17,19,39H2,1-2H3,(H2,40,51)(H2,41,54)(H,42,44)(H,43,55)(H,45,53)(H,46,52)(H,47,58)(H,48,57)(H,49,56). The van der Waals surface area contributed by atoms with Crippen molar-refractivity contribution in [1.82, 2.24) is 41.9 Å². The van der Waals surface area contributed by atoms with Gasteiger partial charge in [-0.1, -0.05) is 56.3 Å². The van der Waals surface area contributed by atoms with Crippen LogP contribution in [0.1, 0.15) is 43.5 Å². The number of phenols is 1. The van der Waals surface area contributed by atoms with E-state index in [2.05, 4.69) is 41.9 Å². The van der Waals surface area contributed by atoms with Crippen LogP contribution in [-0.2, 0) is 57.6 Å². The molecular formula is C38H51N11O9. The number of benzene rings is 2. The van der Waals surface area contributed by atoms with Crippen molar-refractivity contribution in [3.63, 3.8) is 0 Å². The van der Waals surface area contributed by atoms with Crippen LogP contribution in [0.15, 0.2) is 67.1 Å². The smallest absolute Gasteiger partial charge is 0.243 e. The molecule has 312 valence electrons. The Balaban J connectivity index is 1.85. The zero-order chi connectivity index (χ0) is 42.8. The first-order chi connectivity index (χ1) is 27.5. The van der Waals surface area contributed by atoms with E-state index in [-0.39, 0.29) is 37.4 Å². The molecule has 0 fully saturated rings. The van der Waals surface area contributed by atoms with Gasteiger partial charge in [-0.3, -0.25) is 38.4 Å². The van der Waals surface area contributed by atoms with Gasteiger partial charge in [0.05, 0.1) is 25.8 Å². The molecule has 5 atom stereocenters. The van der Waals surface area contributed by atoms with E-state index in [1.54, 1.807) is 30.3 Å². The van der Waals surface area contributed by atoms with E-state index in [0.717, 1.165) is 0 Å². The molecule has 0 spiro atoms. The van der Waals surface area contributed by atoms with E-state index in [0.29, 0.717) is 16.8 Å². The number of imidazole rings is 1. The summed E-state index contributed by atoms with van der Waals surface area (Å²) in [6.07, 6.45) is 2.04. The summed E-state index contributed by atoms with van der Waals surface area (Å²) in [6, 6.07) is 7.62. The third-order valence-corrected chi connectivity index (χ3v) is 8.59. The lowest BCUT2D eigenvalue weighted by molar-refractivity contribution is -0.135. The van der Waals surface area contributed by atoms with Gasteiger partial charge in [0.1, 0.15) is 36.0 Å². The van der Waals surface area contributed by atoms with Crippen LogP contribution in [0.4, 0.5) is 0 Å². The van der Waals surface area contributed by atoms with Crippen LogP contribution in [0.5, 0.6) is 5.75 Å². The highest BCUT2D eigenvalue weighted by Crippen LogP contribution is 2.13. The zero-order valence-electron chi connectivity index (χ0n) is 32.2. The number of carbonyl (C=O) groups is 8. The highest BCUT2D eigenvalue weighted by Gasteiger charge is 2.33. The first-order valence-corrected chi connectivity index (χ1v) is 18.4. The van der Waals surface area contributed by atoms with Crippen molar-refractivity contribution in [2.45, 2.75) is 76.2 Å². The van der Waals surface area contributed by atoms with Crippen LogP contribution in [0.2, 0.25) is 0 Å². The van der Waals surface area contributed by atoms with E-state index in [4.69, 9.17) is 17.2 Å². The molecule has 0 saturated heterocycles. The molecule has 2 aromatic carbocycles. The summed E-state index contributed by atoms with van der Waals surface area (Å²) in [7, 11) is 0. The molecule has 0 radical (unpaired) electrons. The SMILES string of the molecule is CC(C)CC(NC(=O)CNC(=O)C(Cc1ccccc1)NC(=O)C(CC(N)=O)NC(=O)C(Cc1ccc(O)cc1)NC(=O)C(Cc1cnc[nH]1)NC(=O)CN)C(N)=O. The highest BCUT2D eigenvalue weighted by molar-refractivity contribution is 5.98. The first kappa shape index (κ1) is 45.6. The van der Waals surface area contributed by atoms with E-state index in [9.17, 15) is 43.5 Å². The van der Waals surface area contributed by atoms with Crippen LogP contribution < -0.4 is 49.1 Å². The summed E-state index contributed by atoms with van der Waals surface area (Å²) in [4.78, 5) is 111. The molecule has 0 aliphatic heterocycles. The van der Waals surface area contributed by atoms with Gasteiger partial charge in [-0.25, -0.2) is 4.98 Å². The molecule has 1 aromatic heterocycles. The van der Waals surface area contributed by atoms with Gasteiger partial charge in [-0.2, -0.15) is 0 Å². The van der Waals surface area contributed by atoms with Gasteiger partial charge in [0.25, 0.3) is 0 Å². The fraction of sp³-hybridized carbons (Fsp3) is 0.395. The summed E-state index contributed by atoms with van der Waals surface area (Å²) in [5, 5.41) is 24.8. The fourth-order valence-electron chi connectivity index (χ4n) is 5.70. The summed E-state index contributed by atoms with van der Waals surface area (Å²) in [5.74, 6) is -6.70. The molecule has 3 rings (SSSR count). The Labute approximate surface area is 334 Å². The normalized spacial score (nSPS) is 13.4. The third-order valence-electron chi connectivity index (χ3n) is 8.59. The maximum Gasteiger partial charge on any atom is 0.243 e. The number of aromatic hydroxyl groups is 1. The number of phenolic OH excluding ortho intramolecular Hbond substituents is 1. The van der Waals surface area contributed by atoms with Crippen LogP contribution in [0, 0.1) is 5.92 Å². The monoisotopic (exact) mass is 805 g/mol. The molecule has 0 bridgehead atoms. The van der Waals surface area contributed by atoms with E-state index in [1.807, 2.05) is 13.8 Å². The number of amides is 8. The lowest BCUT2D eigenvalue weighted by atomic mass is 10.0. The Morgan fingerprint density at radius 1 is 0.672 bits per heavy atom. The minimum Gasteiger partial charge on any atom is -0.508 e. The van der Waals surface area contributed by atoms with Crippen molar-refractivity contribution in [3.05, 3.63) is 83.9 Å². The maximum absolute atomic E-state index is 14.0. The summed E-state index contributed by atoms with van der Waals surface area (Å²) in [5.41, 5.74) is 17.9. The molecule has 3 aromatic rings. The van der Waals surface area contributed by atoms with Crippen LogP contribution in [0.3, 0.4) is 0 Å². The number of aromatic nitrogens is 2. The number of carbonyl (C=O) groups excluding carboxylic acids is 8. The number of nitrogens with one attached hydrogen (secondary N) is 7. The molecule has 0 saturated carbocycles. The molecule has 14 N–H and O–H groups in total. The largest absolute Gasteiger partial charge is 0.508 e. The zero-order valence-corrected chi connectivity index (χ0v) is 32.2. The van der Waals surface area contributed by atoms with Crippen molar-refractivity contribution in [1.29, 1.82) is 0 Å². The number of hydrogen-bond acceptors (Lipinski definition) is 11. The average Bonchev–Trinajstić information content (AvgIpc) is 3.69. The minimum atomic E-state index is -1.66. The van der Waals surface area contributed by atoms with Gasteiger partial charge >= 0.3 is 0 Å². The number of hydrogen-bond donors (Lipinski definition) is 11. The van der Waals surface area contributed by atoms with Crippen molar-refractivity contribution in [3.8, 4) is 5.75 Å². The number of nitrogens with zero attached hydrogens (tertiary/aromatic N) is 1. The molecule has 0 aliphatic rings. The molecule has 5 unspecified atom stereocenters. The average molecular weight is 806 g/mol. The lowest BCUT2D eigenvalue weighted by Gasteiger charge is -2.26. The fourth-order valence-corrected chi connectivity index (χ4v) is 5.70. The van der Waals surface area contributed by atoms with Gasteiger partial charge < -0.3 is 59.2 Å². The third kappa shape index (κ3) is 15.7. The van der Waals surface area contributed by atoms with Crippen LogP contribution in [0.25, 0.3) is 0 Å². The second-order valence-corrected chi connectivity index (χ2v) is 13.9. The van der Waals surface area contributed by atoms with E-state index < -0.39 is 97.0 Å². The van der Waals surface area contributed by atoms with Gasteiger partial charge in [0, 0.05) is 31.2 Å². The molecule has 58 heavy (non-hydrogen) atoms. The predicted octanol–water partition coefficient (Wildman–Crippen LogP) is -2.95. The number of primary amides is 2. The summed E-state index contributed by atoms with van der Waals surface area (Å²) in [6.45, 7) is 2.67. The summed E-state index contributed by atoms with van der Waals surface area (Å²) >= 11 is 0. The molecule has 0 aliphatic carbocycles. The number of rotatable bonds is 23. The molecular weight excluding hydrogens is 754 g/mol. The maximum atomic E-state index is 14.0. The molecule has 20 nitrogen and oxygen atoms in total. The Morgan fingerprint density at radius 2 is 1.21 bits per heavy atom. The van der Waals surface area contributed by atoms with Gasteiger partial charge in [0.15, 0.2) is 0 Å². The Morgan fingerprint density at radius 3 is 1.74 bits per heavy atom. The second-order valence-electron chi connectivity index (χ2n) is 13.9. The van der Waals surface area contributed by atoms with Crippen molar-refractivity contribution in [2.24, 2.45) is 23.1 Å². The van der Waals surface area contributed by atoms with Crippen molar-refractivity contribution < 1.29 is 43.5 Å². The second kappa shape index (κ2) is 22.7. The number of H-pyrrole nitrogens is 1. The van der Waals surface area contributed by atoms with E-state index >= 15 is 0 Å². The Hall–Kier alpha value is -6.83. The first-order valence-electron chi connectivity index (χ1n) is 18.4. The Kier molecular flexibility index (Phi) is 17.8. The summed E-state index contributed by atoms with van der Waals surface area (Å²) < 4.78 is 0. The quantitative estimate of drug-likeness (QED) is 0.0460. The van der Waals surface area contributed by atoms with Crippen molar-refractivity contribution in [2.75, 3.05) is 13.1 Å². The van der Waals surface area contributed by atoms with E-state index in [1.165, 1.54) is 36.8 Å². The van der Waals surface area contributed by atoms with Crippen molar-refractivity contribution >= 4 is 47.3 Å². The van der Waals surface area contributed by atoms with Crippen LogP contribution in [-0.4, -0.2) is 106 Å². The molecule has 8 amide bonds. The minimum absolute atomic E-state index is 0.0273. The number of nitrogens with two attached hydrogens (primary N) is 3. The molecule has 20 heteroatoms. The van der Waals surface area contributed by atoms with Gasteiger partial charge in [0.2, 0.25) is 47.3 Å². The Bertz CT molecular complexity index is 1870. The van der Waals surface area contributed by atoms with Crippen LogP contribution >= 0.6 is 0 Å². The van der Waals surface area contributed by atoms with Gasteiger partial charge in [-0.15, -0.1) is 0 Å².